The molecule has 0 radical (unpaired) electrons. The molecule has 0 aliphatic rings. The predicted octanol–water partition coefficient (Wildman–Crippen LogP) is 2.41. The molecule has 0 saturated carbocycles. The Morgan fingerprint density at radius 1 is 1.14 bits per heavy atom. The molecule has 1 aromatic carbocycles. The molecule has 1 amide bonds. The summed E-state index contributed by atoms with van der Waals surface area (Å²) in [6.07, 6.45) is 2.24. The molecular weight excluding hydrogens is 358 g/mol. The van der Waals surface area contributed by atoms with Crippen LogP contribution in [0.4, 0.5) is 0 Å². The van der Waals surface area contributed by atoms with Crippen LogP contribution in [0.2, 0.25) is 0 Å². The van der Waals surface area contributed by atoms with Gasteiger partial charge in [0, 0.05) is 24.7 Å². The quantitative estimate of drug-likeness (QED) is 0.680. The van der Waals surface area contributed by atoms with E-state index in [-0.39, 0.29) is 11.1 Å². The van der Waals surface area contributed by atoms with Crippen LogP contribution in [0.25, 0.3) is 11.0 Å². The van der Waals surface area contributed by atoms with Crippen LogP contribution in [0.1, 0.15) is 22.8 Å². The Morgan fingerprint density at radius 2 is 1.93 bits per heavy atom. The molecule has 0 bridgehead atoms. The minimum atomic E-state index is -0.390. The summed E-state index contributed by atoms with van der Waals surface area (Å²) in [5.74, 6) is 0.901. The van der Waals surface area contributed by atoms with E-state index < -0.39 is 5.91 Å². The fourth-order valence-corrected chi connectivity index (χ4v) is 3.11. The molecule has 0 aliphatic carbocycles. The summed E-state index contributed by atoms with van der Waals surface area (Å²) in [7, 11) is 3.16. The third kappa shape index (κ3) is 3.83. The van der Waals surface area contributed by atoms with E-state index in [9.17, 15) is 9.59 Å². The summed E-state index contributed by atoms with van der Waals surface area (Å²) in [4.78, 5) is 29.5. The highest BCUT2D eigenvalue weighted by Gasteiger charge is 2.15. The fourth-order valence-electron chi connectivity index (χ4n) is 3.11. The number of amides is 1. The second-order valence-corrected chi connectivity index (χ2v) is 6.22. The van der Waals surface area contributed by atoms with Crippen molar-refractivity contribution in [3.8, 4) is 11.5 Å². The number of nitrogens with zero attached hydrogens (tertiary/aromatic N) is 2. The maximum atomic E-state index is 12.7. The monoisotopic (exact) mass is 381 g/mol. The lowest BCUT2D eigenvalue weighted by atomic mass is 10.1. The van der Waals surface area contributed by atoms with E-state index >= 15 is 0 Å². The van der Waals surface area contributed by atoms with Crippen LogP contribution in [0.3, 0.4) is 0 Å². The van der Waals surface area contributed by atoms with Crippen LogP contribution < -0.4 is 20.3 Å². The van der Waals surface area contributed by atoms with Crippen molar-refractivity contribution >= 4 is 16.9 Å². The van der Waals surface area contributed by atoms with Crippen LogP contribution in [-0.2, 0) is 13.0 Å². The molecule has 0 unspecified atom stereocenters. The molecule has 2 aromatic heterocycles. The molecule has 0 fully saturated rings. The Bertz CT molecular complexity index is 1060. The summed E-state index contributed by atoms with van der Waals surface area (Å²) in [5.41, 5.74) is 1.36. The highest BCUT2D eigenvalue weighted by molar-refractivity contribution is 5.96. The third-order valence-corrected chi connectivity index (χ3v) is 4.56. The number of hydrogen-bond acceptors (Lipinski definition) is 5. The Labute approximate surface area is 162 Å². The Morgan fingerprint density at radius 3 is 2.64 bits per heavy atom. The lowest BCUT2D eigenvalue weighted by molar-refractivity contribution is 0.0952. The molecule has 7 heteroatoms. The number of rotatable bonds is 7. The van der Waals surface area contributed by atoms with Gasteiger partial charge in [-0.3, -0.25) is 14.2 Å². The van der Waals surface area contributed by atoms with E-state index in [1.165, 1.54) is 4.57 Å². The number of aryl methyl sites for hydroxylation is 1. The first-order valence-electron chi connectivity index (χ1n) is 9.06. The Kier molecular flexibility index (Phi) is 5.93. The molecular formula is C21H23N3O4. The number of pyridine rings is 2. The molecule has 3 rings (SSSR count). The van der Waals surface area contributed by atoms with Crippen molar-refractivity contribution < 1.29 is 14.3 Å². The number of carbonyl (C=O) groups is 1. The Balaban J connectivity index is 1.75. The van der Waals surface area contributed by atoms with Gasteiger partial charge in [0.05, 0.1) is 14.2 Å². The molecule has 0 atom stereocenters. The number of carbonyl (C=O) groups excluding carboxylic acids is 1. The van der Waals surface area contributed by atoms with Gasteiger partial charge in [-0.25, -0.2) is 4.98 Å². The molecule has 3 aromatic rings. The summed E-state index contributed by atoms with van der Waals surface area (Å²) < 4.78 is 12.0. The second kappa shape index (κ2) is 8.56. The van der Waals surface area contributed by atoms with Gasteiger partial charge in [0.25, 0.3) is 11.5 Å². The van der Waals surface area contributed by atoms with Gasteiger partial charge in [0.1, 0.15) is 11.2 Å². The van der Waals surface area contributed by atoms with Crippen LogP contribution in [0.5, 0.6) is 11.5 Å². The number of ether oxygens (including phenoxy) is 2. The SMILES string of the molecule is CCn1c(=O)c(C(=O)NCCc2ccc(OC)c(OC)c2)cc2cccnc21. The lowest BCUT2D eigenvalue weighted by Gasteiger charge is -2.11. The molecule has 0 spiro atoms. The van der Waals surface area contributed by atoms with Gasteiger partial charge >= 0.3 is 0 Å². The summed E-state index contributed by atoms with van der Waals surface area (Å²) >= 11 is 0. The number of benzene rings is 1. The number of methoxy groups -OCH3 is 2. The average molecular weight is 381 g/mol. The van der Waals surface area contributed by atoms with Crippen LogP contribution in [0, 0.1) is 0 Å². The van der Waals surface area contributed by atoms with Crippen molar-refractivity contribution in [1.29, 1.82) is 0 Å². The second-order valence-electron chi connectivity index (χ2n) is 6.22. The zero-order chi connectivity index (χ0) is 20.1. The first-order valence-corrected chi connectivity index (χ1v) is 9.06. The van der Waals surface area contributed by atoms with Gasteiger partial charge in [-0.1, -0.05) is 6.07 Å². The van der Waals surface area contributed by atoms with E-state index in [0.29, 0.717) is 36.7 Å². The minimum absolute atomic E-state index is 0.120. The number of aromatic nitrogens is 2. The van der Waals surface area contributed by atoms with Crippen molar-refractivity contribution in [3.05, 3.63) is 64.1 Å². The van der Waals surface area contributed by atoms with Gasteiger partial charge in [-0.15, -0.1) is 0 Å². The van der Waals surface area contributed by atoms with E-state index in [0.717, 1.165) is 10.9 Å². The Hall–Kier alpha value is -3.35. The van der Waals surface area contributed by atoms with Crippen LogP contribution in [-0.4, -0.2) is 36.2 Å². The molecule has 146 valence electrons. The maximum absolute atomic E-state index is 12.7. The summed E-state index contributed by atoms with van der Waals surface area (Å²) in [5, 5.41) is 3.58. The van der Waals surface area contributed by atoms with Crippen LogP contribution in [0.15, 0.2) is 47.4 Å². The summed E-state index contributed by atoms with van der Waals surface area (Å²) in [6.45, 7) is 2.69. The van der Waals surface area contributed by atoms with Gasteiger partial charge in [0.2, 0.25) is 0 Å². The van der Waals surface area contributed by atoms with Gasteiger partial charge in [0.15, 0.2) is 11.5 Å². The van der Waals surface area contributed by atoms with Crippen molar-refractivity contribution in [2.24, 2.45) is 0 Å². The standard InChI is InChI=1S/C21H23N3O4/c1-4-24-19-15(6-5-10-22-19)13-16(21(24)26)20(25)23-11-9-14-7-8-17(27-2)18(12-14)28-3/h5-8,10,12-13H,4,9,11H2,1-3H3,(H,23,25). The molecule has 28 heavy (non-hydrogen) atoms. The molecule has 0 aliphatic heterocycles. The zero-order valence-corrected chi connectivity index (χ0v) is 16.2. The highest BCUT2D eigenvalue weighted by Crippen LogP contribution is 2.27. The van der Waals surface area contributed by atoms with Crippen LogP contribution >= 0.6 is 0 Å². The predicted molar refractivity (Wildman–Crippen MR) is 107 cm³/mol. The summed E-state index contributed by atoms with van der Waals surface area (Å²) in [6, 6.07) is 10.8. The van der Waals surface area contributed by atoms with E-state index in [1.807, 2.05) is 31.2 Å². The normalized spacial score (nSPS) is 10.7. The maximum Gasteiger partial charge on any atom is 0.265 e. The topological polar surface area (TPSA) is 82.5 Å². The van der Waals surface area contributed by atoms with Gasteiger partial charge < -0.3 is 14.8 Å². The zero-order valence-electron chi connectivity index (χ0n) is 16.2. The molecule has 1 N–H and O–H groups in total. The highest BCUT2D eigenvalue weighted by atomic mass is 16.5. The van der Waals surface area contributed by atoms with Gasteiger partial charge in [-0.05, 0) is 49.2 Å². The van der Waals surface area contributed by atoms with Crippen molar-refractivity contribution in [3.63, 3.8) is 0 Å². The largest absolute Gasteiger partial charge is 0.493 e. The smallest absolute Gasteiger partial charge is 0.265 e. The number of hydrogen-bond donors (Lipinski definition) is 1. The number of nitrogens with one attached hydrogen (secondary N) is 1. The van der Waals surface area contributed by atoms with Crippen molar-refractivity contribution in [1.82, 2.24) is 14.9 Å². The fraction of sp³-hybridized carbons (Fsp3) is 0.286. The van der Waals surface area contributed by atoms with Crippen molar-refractivity contribution in [2.45, 2.75) is 19.9 Å². The van der Waals surface area contributed by atoms with Crippen molar-refractivity contribution in [2.75, 3.05) is 20.8 Å². The van der Waals surface area contributed by atoms with E-state index in [4.69, 9.17) is 9.47 Å². The first-order chi connectivity index (χ1) is 13.6. The molecule has 2 heterocycles. The van der Waals surface area contributed by atoms with Gasteiger partial charge in [-0.2, -0.15) is 0 Å². The first kappa shape index (κ1) is 19.4. The van der Waals surface area contributed by atoms with E-state index in [2.05, 4.69) is 10.3 Å². The lowest BCUT2D eigenvalue weighted by Crippen LogP contribution is -2.34. The average Bonchev–Trinajstić information content (AvgIpc) is 2.73. The molecule has 7 nitrogen and oxygen atoms in total. The number of fused-ring (bicyclic) bond motifs is 1. The van der Waals surface area contributed by atoms with E-state index in [1.54, 1.807) is 32.5 Å². The third-order valence-electron chi connectivity index (χ3n) is 4.56. The minimum Gasteiger partial charge on any atom is -0.493 e. The molecule has 0 saturated heterocycles.